The van der Waals surface area contributed by atoms with E-state index < -0.39 is 0 Å². The van der Waals surface area contributed by atoms with Crippen LogP contribution in [0, 0.1) is 19.8 Å². The molecule has 0 unspecified atom stereocenters. The summed E-state index contributed by atoms with van der Waals surface area (Å²) in [6.07, 6.45) is 3.24. The molecule has 0 saturated carbocycles. The number of fused-ring (bicyclic) bond motifs is 1. The SMILES string of the molecule is COc1cc(NC(=O)[C@H]2CCCN(c3ncnc4oc(C)c(C)c34)C2)cc(OC)c1. The van der Waals surface area contributed by atoms with Crippen LogP contribution in [0.4, 0.5) is 11.5 Å². The zero-order chi connectivity index (χ0) is 21.3. The summed E-state index contributed by atoms with van der Waals surface area (Å²) in [4.78, 5) is 23.9. The number of carbonyl (C=O) groups is 1. The van der Waals surface area contributed by atoms with Gasteiger partial charge in [0.2, 0.25) is 11.6 Å². The summed E-state index contributed by atoms with van der Waals surface area (Å²) in [7, 11) is 3.17. The van der Waals surface area contributed by atoms with Crippen LogP contribution in [0.1, 0.15) is 24.2 Å². The fourth-order valence-electron chi connectivity index (χ4n) is 3.91. The van der Waals surface area contributed by atoms with E-state index in [4.69, 9.17) is 13.9 Å². The number of anilines is 2. The molecule has 1 fully saturated rings. The first-order valence-electron chi connectivity index (χ1n) is 9.99. The summed E-state index contributed by atoms with van der Waals surface area (Å²) in [6, 6.07) is 5.34. The average molecular weight is 410 g/mol. The Morgan fingerprint density at radius 3 is 2.60 bits per heavy atom. The van der Waals surface area contributed by atoms with Crippen LogP contribution in [0.3, 0.4) is 0 Å². The predicted molar refractivity (Wildman–Crippen MR) is 114 cm³/mol. The third-order valence-electron chi connectivity index (χ3n) is 5.66. The van der Waals surface area contributed by atoms with Gasteiger partial charge in [0.05, 0.1) is 25.5 Å². The third-order valence-corrected chi connectivity index (χ3v) is 5.66. The molecule has 1 amide bonds. The standard InChI is InChI=1S/C22H26N4O4/c1-13-14(2)30-22-19(13)20(23-12-24-22)26-7-5-6-15(11-26)21(27)25-16-8-17(28-3)10-18(9-16)29-4/h8-10,12,15H,5-7,11H2,1-4H3,(H,25,27)/t15-/m0/s1. The number of aromatic nitrogens is 2. The minimum atomic E-state index is -0.158. The van der Waals surface area contributed by atoms with Gasteiger partial charge in [-0.3, -0.25) is 4.79 Å². The van der Waals surface area contributed by atoms with Crippen LogP contribution in [0.5, 0.6) is 11.5 Å². The molecule has 3 aromatic rings. The number of benzene rings is 1. The number of amides is 1. The van der Waals surface area contributed by atoms with E-state index in [1.165, 1.54) is 6.33 Å². The van der Waals surface area contributed by atoms with Crippen molar-refractivity contribution in [3.63, 3.8) is 0 Å². The van der Waals surface area contributed by atoms with E-state index >= 15 is 0 Å². The largest absolute Gasteiger partial charge is 0.497 e. The molecule has 1 aliphatic heterocycles. The molecule has 1 saturated heterocycles. The van der Waals surface area contributed by atoms with Gasteiger partial charge in [-0.25, -0.2) is 9.97 Å². The Balaban J connectivity index is 1.54. The van der Waals surface area contributed by atoms with Gasteiger partial charge in [0, 0.05) is 42.5 Å². The molecule has 8 nitrogen and oxygen atoms in total. The highest BCUT2D eigenvalue weighted by Gasteiger charge is 2.29. The molecule has 0 aliphatic carbocycles. The highest BCUT2D eigenvalue weighted by molar-refractivity contribution is 5.94. The van der Waals surface area contributed by atoms with E-state index in [1.54, 1.807) is 32.4 Å². The Kier molecular flexibility index (Phi) is 5.48. The van der Waals surface area contributed by atoms with Gasteiger partial charge in [-0.05, 0) is 26.7 Å². The molecule has 3 heterocycles. The lowest BCUT2D eigenvalue weighted by Gasteiger charge is -2.33. The van der Waals surface area contributed by atoms with Crippen molar-refractivity contribution >= 4 is 28.5 Å². The molecule has 0 bridgehead atoms. The Labute approximate surface area is 175 Å². The Hall–Kier alpha value is -3.29. The van der Waals surface area contributed by atoms with Crippen molar-refractivity contribution in [2.45, 2.75) is 26.7 Å². The molecule has 1 atom stereocenters. The molecule has 8 heteroatoms. The minimum absolute atomic E-state index is 0.0274. The summed E-state index contributed by atoms with van der Waals surface area (Å²) < 4.78 is 16.3. The van der Waals surface area contributed by atoms with Crippen molar-refractivity contribution in [1.29, 1.82) is 0 Å². The number of methoxy groups -OCH3 is 2. The second kappa shape index (κ2) is 8.22. The maximum atomic E-state index is 13.0. The van der Waals surface area contributed by atoms with Crippen LogP contribution in [0.15, 0.2) is 28.9 Å². The maximum absolute atomic E-state index is 13.0. The summed E-state index contributed by atoms with van der Waals surface area (Å²) in [5.74, 6) is 2.74. The third kappa shape index (κ3) is 3.77. The summed E-state index contributed by atoms with van der Waals surface area (Å²) in [6.45, 7) is 5.36. The molecule has 158 valence electrons. The van der Waals surface area contributed by atoms with Gasteiger partial charge in [-0.2, -0.15) is 0 Å². The van der Waals surface area contributed by atoms with Gasteiger partial charge < -0.3 is 24.1 Å². The lowest BCUT2D eigenvalue weighted by atomic mass is 9.96. The van der Waals surface area contributed by atoms with Crippen molar-refractivity contribution in [1.82, 2.24) is 9.97 Å². The summed E-state index contributed by atoms with van der Waals surface area (Å²) >= 11 is 0. The van der Waals surface area contributed by atoms with Gasteiger partial charge >= 0.3 is 0 Å². The fraction of sp³-hybridized carbons (Fsp3) is 0.409. The van der Waals surface area contributed by atoms with E-state index in [9.17, 15) is 4.79 Å². The Bertz CT molecular complexity index is 1060. The highest BCUT2D eigenvalue weighted by Crippen LogP contribution is 2.33. The zero-order valence-corrected chi connectivity index (χ0v) is 17.7. The van der Waals surface area contributed by atoms with Gasteiger partial charge in [0.1, 0.15) is 29.4 Å². The number of aryl methyl sites for hydroxylation is 2. The number of piperidine rings is 1. The van der Waals surface area contributed by atoms with E-state index in [2.05, 4.69) is 20.2 Å². The number of ether oxygens (including phenoxy) is 2. The molecule has 1 aromatic carbocycles. The number of rotatable bonds is 5. The molecule has 2 aromatic heterocycles. The van der Waals surface area contributed by atoms with Crippen LogP contribution in [0.25, 0.3) is 11.1 Å². The van der Waals surface area contributed by atoms with Gasteiger partial charge in [-0.1, -0.05) is 0 Å². The van der Waals surface area contributed by atoms with Crippen molar-refractivity contribution in [2.75, 3.05) is 37.5 Å². The van der Waals surface area contributed by atoms with Crippen molar-refractivity contribution in [2.24, 2.45) is 5.92 Å². The van der Waals surface area contributed by atoms with Crippen LogP contribution < -0.4 is 19.7 Å². The van der Waals surface area contributed by atoms with E-state index in [0.29, 0.717) is 29.4 Å². The number of hydrogen-bond acceptors (Lipinski definition) is 7. The number of nitrogens with one attached hydrogen (secondary N) is 1. The van der Waals surface area contributed by atoms with Crippen LogP contribution in [-0.2, 0) is 4.79 Å². The molecular weight excluding hydrogens is 384 g/mol. The molecule has 0 spiro atoms. The van der Waals surface area contributed by atoms with Crippen molar-refractivity contribution < 1.29 is 18.7 Å². The van der Waals surface area contributed by atoms with Crippen LogP contribution in [-0.4, -0.2) is 43.2 Å². The number of hydrogen-bond donors (Lipinski definition) is 1. The molecular formula is C22H26N4O4. The normalized spacial score (nSPS) is 16.5. The Morgan fingerprint density at radius 1 is 1.17 bits per heavy atom. The first-order valence-corrected chi connectivity index (χ1v) is 9.99. The topological polar surface area (TPSA) is 89.7 Å². The first-order chi connectivity index (χ1) is 14.5. The van der Waals surface area contributed by atoms with E-state index in [0.717, 1.165) is 41.9 Å². The van der Waals surface area contributed by atoms with Crippen molar-refractivity contribution in [3.05, 3.63) is 35.9 Å². The van der Waals surface area contributed by atoms with Gasteiger partial charge in [0.15, 0.2) is 0 Å². The first kappa shape index (κ1) is 20.0. The van der Waals surface area contributed by atoms with Gasteiger partial charge in [-0.15, -0.1) is 0 Å². The number of furan rings is 1. The highest BCUT2D eigenvalue weighted by atomic mass is 16.5. The van der Waals surface area contributed by atoms with Crippen molar-refractivity contribution in [3.8, 4) is 11.5 Å². The molecule has 4 rings (SSSR count). The molecule has 30 heavy (non-hydrogen) atoms. The number of nitrogens with zero attached hydrogens (tertiary/aromatic N) is 3. The van der Waals surface area contributed by atoms with E-state index in [1.807, 2.05) is 13.8 Å². The lowest BCUT2D eigenvalue weighted by Crippen LogP contribution is -2.41. The smallest absolute Gasteiger partial charge is 0.231 e. The Morgan fingerprint density at radius 2 is 1.90 bits per heavy atom. The predicted octanol–water partition coefficient (Wildman–Crippen LogP) is 3.71. The average Bonchev–Trinajstić information content (AvgIpc) is 3.07. The fourth-order valence-corrected chi connectivity index (χ4v) is 3.91. The molecule has 1 N–H and O–H groups in total. The van der Waals surface area contributed by atoms with E-state index in [-0.39, 0.29) is 11.8 Å². The van der Waals surface area contributed by atoms with Crippen LogP contribution >= 0.6 is 0 Å². The monoisotopic (exact) mass is 410 g/mol. The second-order valence-electron chi connectivity index (χ2n) is 7.54. The molecule has 0 radical (unpaired) electrons. The zero-order valence-electron chi connectivity index (χ0n) is 17.7. The van der Waals surface area contributed by atoms with Crippen LogP contribution in [0.2, 0.25) is 0 Å². The number of carbonyl (C=O) groups excluding carboxylic acids is 1. The minimum Gasteiger partial charge on any atom is -0.497 e. The lowest BCUT2D eigenvalue weighted by molar-refractivity contribution is -0.120. The quantitative estimate of drug-likeness (QED) is 0.686. The second-order valence-corrected chi connectivity index (χ2v) is 7.54. The van der Waals surface area contributed by atoms with Gasteiger partial charge in [0.25, 0.3) is 0 Å². The summed E-state index contributed by atoms with van der Waals surface area (Å²) in [5.41, 5.74) is 2.28. The molecule has 1 aliphatic rings. The maximum Gasteiger partial charge on any atom is 0.231 e. The summed E-state index contributed by atoms with van der Waals surface area (Å²) in [5, 5.41) is 3.93.